The van der Waals surface area contributed by atoms with Gasteiger partial charge in [-0.05, 0) is 55.2 Å². The van der Waals surface area contributed by atoms with E-state index in [0.717, 1.165) is 16.7 Å². The first kappa shape index (κ1) is 32.5. The van der Waals surface area contributed by atoms with Gasteiger partial charge in [-0.1, -0.05) is 71.3 Å². The lowest BCUT2D eigenvalue weighted by Crippen LogP contribution is -2.55. The summed E-state index contributed by atoms with van der Waals surface area (Å²) < 4.78 is 39.4. The SMILES string of the molecule is Cc1ccc(Cc2cc(C3O[C@H](CO)[C@@H](O)[C@H](O)[C@H]3O)ccc2Cl)cc1.Cc1ccc(S(=O)(=O)OC2CCOC2)cc1. The lowest BCUT2D eigenvalue weighted by molar-refractivity contribution is -0.231. The zero-order valence-corrected chi connectivity index (χ0v) is 25.0. The number of hydrogen-bond acceptors (Lipinski definition) is 9. The van der Waals surface area contributed by atoms with Crippen LogP contribution in [0.2, 0.25) is 5.02 Å². The van der Waals surface area contributed by atoms with E-state index < -0.39 is 47.2 Å². The molecule has 2 fully saturated rings. The summed E-state index contributed by atoms with van der Waals surface area (Å²) in [5.41, 5.74) is 4.79. The van der Waals surface area contributed by atoms with Crippen LogP contribution in [0.3, 0.4) is 0 Å². The van der Waals surface area contributed by atoms with Crippen molar-refractivity contribution in [2.24, 2.45) is 0 Å². The fourth-order valence-electron chi connectivity index (χ4n) is 4.74. The molecule has 0 amide bonds. The Morgan fingerprint density at radius 3 is 2.14 bits per heavy atom. The minimum absolute atomic E-state index is 0.199. The Morgan fingerprint density at radius 1 is 0.905 bits per heavy atom. The van der Waals surface area contributed by atoms with Crippen LogP contribution in [0.1, 0.15) is 40.3 Å². The molecule has 3 aromatic rings. The number of aliphatic hydroxyl groups excluding tert-OH is 4. The van der Waals surface area contributed by atoms with Gasteiger partial charge < -0.3 is 29.9 Å². The van der Waals surface area contributed by atoms with Gasteiger partial charge in [-0.2, -0.15) is 8.42 Å². The predicted octanol–water partition coefficient (Wildman–Crippen LogP) is 3.24. The first-order chi connectivity index (χ1) is 20.0. The third kappa shape index (κ3) is 8.16. The lowest BCUT2D eigenvalue weighted by Gasteiger charge is -2.40. The zero-order valence-electron chi connectivity index (χ0n) is 23.5. The Morgan fingerprint density at radius 2 is 1.55 bits per heavy atom. The predicted molar refractivity (Wildman–Crippen MR) is 157 cm³/mol. The Labute approximate surface area is 251 Å². The van der Waals surface area contributed by atoms with Crippen molar-refractivity contribution in [3.8, 4) is 0 Å². The van der Waals surface area contributed by atoms with E-state index in [-0.39, 0.29) is 11.0 Å². The van der Waals surface area contributed by atoms with Crippen LogP contribution in [0.5, 0.6) is 0 Å². The summed E-state index contributed by atoms with van der Waals surface area (Å²) in [6, 6.07) is 20.0. The molecular weight excluding hydrogens is 584 g/mol. The van der Waals surface area contributed by atoms with E-state index in [1.54, 1.807) is 36.4 Å². The first-order valence-corrected chi connectivity index (χ1v) is 15.5. The average Bonchev–Trinajstić information content (AvgIpc) is 3.47. The lowest BCUT2D eigenvalue weighted by atomic mass is 9.90. The summed E-state index contributed by atoms with van der Waals surface area (Å²) in [4.78, 5) is 0.199. The highest BCUT2D eigenvalue weighted by molar-refractivity contribution is 7.86. The summed E-state index contributed by atoms with van der Waals surface area (Å²) in [5.74, 6) is 0. The van der Waals surface area contributed by atoms with E-state index in [1.165, 1.54) is 5.56 Å². The van der Waals surface area contributed by atoms with Crippen molar-refractivity contribution >= 4 is 21.7 Å². The molecule has 3 aromatic carbocycles. The molecule has 2 unspecified atom stereocenters. The normalized spacial score (nSPS) is 26.0. The smallest absolute Gasteiger partial charge is 0.297 e. The highest BCUT2D eigenvalue weighted by atomic mass is 35.5. The van der Waals surface area contributed by atoms with Gasteiger partial charge in [0.1, 0.15) is 36.6 Å². The van der Waals surface area contributed by atoms with Gasteiger partial charge in [0, 0.05) is 18.1 Å². The molecule has 6 atom stereocenters. The number of ether oxygens (including phenoxy) is 2. The largest absolute Gasteiger partial charge is 0.394 e. The molecule has 4 N–H and O–H groups in total. The second-order valence-corrected chi connectivity index (χ2v) is 12.6. The molecule has 2 aliphatic heterocycles. The molecule has 2 aliphatic rings. The van der Waals surface area contributed by atoms with E-state index in [4.69, 9.17) is 25.3 Å². The third-order valence-electron chi connectivity index (χ3n) is 7.27. The van der Waals surface area contributed by atoms with Crippen molar-refractivity contribution in [2.75, 3.05) is 19.8 Å². The first-order valence-electron chi connectivity index (χ1n) is 13.7. The van der Waals surface area contributed by atoms with Crippen LogP contribution >= 0.6 is 11.6 Å². The Bertz CT molecular complexity index is 1410. The number of rotatable bonds is 7. The monoisotopic (exact) mass is 620 g/mol. The van der Waals surface area contributed by atoms with Crippen LogP contribution in [0.15, 0.2) is 71.6 Å². The number of halogens is 1. The number of aliphatic hydroxyl groups is 4. The van der Waals surface area contributed by atoms with Crippen molar-refractivity contribution in [1.29, 1.82) is 0 Å². The fourth-order valence-corrected chi connectivity index (χ4v) is 6.01. The fraction of sp³-hybridized carbons (Fsp3) is 0.419. The summed E-state index contributed by atoms with van der Waals surface area (Å²) >= 11 is 6.33. The van der Waals surface area contributed by atoms with E-state index in [1.807, 2.05) is 44.2 Å². The standard InChI is InChI=1S/C20H23ClO5.C11H14O4S/c1-11-2-4-12(5-3-11)8-14-9-13(6-7-15(14)21)20-19(25)18(24)17(23)16(10-22)26-20;1-9-2-4-11(5-3-9)16(12,13)15-10-6-7-14-8-10/h2-7,9,16-20,22-25H,8,10H2,1H3;2-5,10H,6-8H2,1H3/t16-,17-,18+,19-,20?;/m1./s1. The van der Waals surface area contributed by atoms with Crippen LogP contribution in [-0.4, -0.2) is 79.2 Å². The van der Waals surface area contributed by atoms with Crippen molar-refractivity contribution in [3.63, 3.8) is 0 Å². The van der Waals surface area contributed by atoms with Crippen LogP contribution in [-0.2, 0) is 30.2 Å². The summed E-state index contributed by atoms with van der Waals surface area (Å²) in [7, 11) is -3.64. The van der Waals surface area contributed by atoms with Gasteiger partial charge in [0.15, 0.2) is 0 Å². The van der Waals surface area contributed by atoms with Gasteiger partial charge in [-0.15, -0.1) is 0 Å². The van der Waals surface area contributed by atoms with E-state index in [9.17, 15) is 28.8 Å². The molecule has 11 heteroatoms. The van der Waals surface area contributed by atoms with Gasteiger partial charge in [0.2, 0.25) is 0 Å². The average molecular weight is 621 g/mol. The van der Waals surface area contributed by atoms with E-state index in [2.05, 4.69) is 0 Å². The number of hydrogen-bond donors (Lipinski definition) is 4. The van der Waals surface area contributed by atoms with Crippen molar-refractivity contribution in [1.82, 2.24) is 0 Å². The molecule has 0 spiro atoms. The minimum atomic E-state index is -3.64. The highest BCUT2D eigenvalue weighted by Gasteiger charge is 2.44. The Balaban J connectivity index is 0.000000216. The maximum absolute atomic E-state index is 11.8. The summed E-state index contributed by atoms with van der Waals surface area (Å²) in [5, 5.41) is 40.2. The van der Waals surface area contributed by atoms with E-state index >= 15 is 0 Å². The maximum atomic E-state index is 11.8. The van der Waals surface area contributed by atoms with E-state index in [0.29, 0.717) is 36.6 Å². The summed E-state index contributed by atoms with van der Waals surface area (Å²) in [6.07, 6.45) is -4.97. The second kappa shape index (κ2) is 14.4. The molecular formula is C31H37ClO9S. The van der Waals surface area contributed by atoms with Crippen LogP contribution in [0.25, 0.3) is 0 Å². The van der Waals surface area contributed by atoms with Crippen molar-refractivity contribution < 1.29 is 42.5 Å². The van der Waals surface area contributed by atoms with Crippen molar-refractivity contribution in [2.45, 2.75) is 68.2 Å². The Hall–Kier alpha value is -2.38. The van der Waals surface area contributed by atoms with Crippen molar-refractivity contribution in [3.05, 3.63) is 99.6 Å². The third-order valence-corrected chi connectivity index (χ3v) is 9.01. The molecule has 0 saturated carbocycles. The molecule has 42 heavy (non-hydrogen) atoms. The van der Waals surface area contributed by atoms with Crippen LogP contribution in [0.4, 0.5) is 0 Å². The minimum Gasteiger partial charge on any atom is -0.394 e. The molecule has 0 radical (unpaired) electrons. The molecule has 5 rings (SSSR count). The van der Waals surface area contributed by atoms with Gasteiger partial charge in [0.25, 0.3) is 10.1 Å². The number of aryl methyl sites for hydroxylation is 2. The second-order valence-electron chi connectivity index (χ2n) is 10.6. The Kier molecular flexibility index (Phi) is 11.1. The van der Waals surface area contributed by atoms with Crippen LogP contribution in [0, 0.1) is 13.8 Å². The van der Waals surface area contributed by atoms with Gasteiger partial charge in [-0.3, -0.25) is 4.18 Å². The zero-order chi connectivity index (χ0) is 30.4. The quantitative estimate of drug-likeness (QED) is 0.293. The molecule has 2 heterocycles. The maximum Gasteiger partial charge on any atom is 0.297 e. The van der Waals surface area contributed by atoms with Gasteiger partial charge >= 0.3 is 0 Å². The van der Waals surface area contributed by atoms with Gasteiger partial charge in [-0.25, -0.2) is 0 Å². The highest BCUT2D eigenvalue weighted by Crippen LogP contribution is 2.34. The summed E-state index contributed by atoms with van der Waals surface area (Å²) in [6.45, 7) is 4.39. The molecule has 0 aromatic heterocycles. The molecule has 9 nitrogen and oxygen atoms in total. The number of benzene rings is 3. The topological polar surface area (TPSA) is 143 Å². The van der Waals surface area contributed by atoms with Crippen LogP contribution < -0.4 is 0 Å². The molecule has 0 aliphatic carbocycles. The molecule has 0 bridgehead atoms. The van der Waals surface area contributed by atoms with Gasteiger partial charge in [0.05, 0.1) is 18.1 Å². The molecule has 2 saturated heterocycles. The molecule has 228 valence electrons.